The number of rotatable bonds is 2. The molecule has 4 heteroatoms. The van der Waals surface area contributed by atoms with Gasteiger partial charge in [0.15, 0.2) is 0 Å². The Kier molecular flexibility index (Phi) is 3.67. The van der Waals surface area contributed by atoms with E-state index < -0.39 is 0 Å². The number of aromatic nitrogens is 2. The van der Waals surface area contributed by atoms with Crippen LogP contribution in [0.25, 0.3) is 0 Å². The van der Waals surface area contributed by atoms with Gasteiger partial charge in [-0.25, -0.2) is 9.97 Å². The molecule has 20 heavy (non-hydrogen) atoms. The van der Waals surface area contributed by atoms with E-state index in [0.29, 0.717) is 17.9 Å². The second-order valence-electron chi connectivity index (χ2n) is 6.80. The summed E-state index contributed by atoms with van der Waals surface area (Å²) in [6.07, 6.45) is 3.81. The first-order chi connectivity index (χ1) is 9.54. The minimum Gasteiger partial charge on any atom is -0.356 e. The highest BCUT2D eigenvalue weighted by atomic mass is 15.2. The van der Waals surface area contributed by atoms with Gasteiger partial charge in [0, 0.05) is 36.8 Å². The van der Waals surface area contributed by atoms with Crippen LogP contribution in [-0.2, 0) is 0 Å². The van der Waals surface area contributed by atoms with E-state index >= 15 is 0 Å². The van der Waals surface area contributed by atoms with Crippen molar-refractivity contribution < 1.29 is 0 Å². The first-order valence-corrected chi connectivity index (χ1v) is 7.90. The van der Waals surface area contributed by atoms with Gasteiger partial charge in [-0.05, 0) is 31.6 Å². The maximum absolute atomic E-state index is 6.31. The molecule has 0 bridgehead atoms. The minimum atomic E-state index is 0.376. The van der Waals surface area contributed by atoms with Crippen LogP contribution in [-0.4, -0.2) is 29.1 Å². The molecule has 1 saturated heterocycles. The molecule has 2 heterocycles. The van der Waals surface area contributed by atoms with Gasteiger partial charge in [-0.3, -0.25) is 0 Å². The van der Waals surface area contributed by atoms with Gasteiger partial charge < -0.3 is 10.6 Å². The van der Waals surface area contributed by atoms with Crippen LogP contribution in [0.4, 0.5) is 5.82 Å². The summed E-state index contributed by atoms with van der Waals surface area (Å²) in [4.78, 5) is 11.8. The largest absolute Gasteiger partial charge is 0.356 e. The van der Waals surface area contributed by atoms with Gasteiger partial charge in [0.25, 0.3) is 0 Å². The van der Waals surface area contributed by atoms with E-state index in [2.05, 4.69) is 36.7 Å². The third-order valence-electron chi connectivity index (χ3n) is 4.85. The molecular formula is C16H26N4. The number of aryl methyl sites for hydroxylation is 1. The van der Waals surface area contributed by atoms with Crippen LogP contribution in [0.15, 0.2) is 6.07 Å². The molecule has 4 nitrogen and oxygen atoms in total. The molecule has 0 radical (unpaired) electrons. The predicted octanol–water partition coefficient (Wildman–Crippen LogP) is 2.47. The molecule has 1 saturated carbocycles. The molecule has 2 aliphatic rings. The lowest BCUT2D eigenvalue weighted by molar-refractivity contribution is 0.260. The van der Waals surface area contributed by atoms with Crippen molar-refractivity contribution in [3.63, 3.8) is 0 Å². The van der Waals surface area contributed by atoms with E-state index in [1.165, 1.54) is 19.3 Å². The Balaban J connectivity index is 1.83. The number of nitrogens with zero attached hydrogens (tertiary/aromatic N) is 3. The quantitative estimate of drug-likeness (QED) is 0.900. The lowest BCUT2D eigenvalue weighted by Crippen LogP contribution is -2.38. The minimum absolute atomic E-state index is 0.376. The molecule has 1 aliphatic heterocycles. The zero-order valence-electron chi connectivity index (χ0n) is 12.8. The SMILES string of the molecule is Cc1cc(N2CC3CCCC(N)C3C2)nc(C(C)C)n1. The summed E-state index contributed by atoms with van der Waals surface area (Å²) in [7, 11) is 0. The molecule has 110 valence electrons. The summed E-state index contributed by atoms with van der Waals surface area (Å²) >= 11 is 0. The van der Waals surface area contributed by atoms with Gasteiger partial charge in [-0.15, -0.1) is 0 Å². The number of hydrogen-bond donors (Lipinski definition) is 1. The molecule has 0 amide bonds. The summed E-state index contributed by atoms with van der Waals surface area (Å²) in [5, 5.41) is 0. The zero-order valence-corrected chi connectivity index (χ0v) is 12.8. The highest BCUT2D eigenvalue weighted by Crippen LogP contribution is 2.37. The first-order valence-electron chi connectivity index (χ1n) is 7.90. The van der Waals surface area contributed by atoms with E-state index in [0.717, 1.165) is 36.3 Å². The second kappa shape index (κ2) is 5.32. The number of hydrogen-bond acceptors (Lipinski definition) is 4. The van der Waals surface area contributed by atoms with Gasteiger partial charge in [-0.2, -0.15) is 0 Å². The van der Waals surface area contributed by atoms with Crippen molar-refractivity contribution in [3.05, 3.63) is 17.6 Å². The Labute approximate surface area is 121 Å². The normalized spacial score (nSPS) is 29.9. The molecule has 1 aromatic heterocycles. The average molecular weight is 274 g/mol. The van der Waals surface area contributed by atoms with Crippen LogP contribution in [0.2, 0.25) is 0 Å². The Morgan fingerprint density at radius 3 is 2.75 bits per heavy atom. The van der Waals surface area contributed by atoms with E-state index in [1.807, 2.05) is 0 Å². The third-order valence-corrected chi connectivity index (χ3v) is 4.85. The topological polar surface area (TPSA) is 55.0 Å². The molecule has 0 spiro atoms. The van der Waals surface area contributed by atoms with Crippen molar-refractivity contribution in [1.29, 1.82) is 0 Å². The zero-order chi connectivity index (χ0) is 14.3. The average Bonchev–Trinajstić information content (AvgIpc) is 2.83. The highest BCUT2D eigenvalue weighted by molar-refractivity contribution is 5.42. The van der Waals surface area contributed by atoms with Crippen molar-refractivity contribution in [3.8, 4) is 0 Å². The molecule has 3 unspecified atom stereocenters. The fourth-order valence-electron chi connectivity index (χ4n) is 3.70. The smallest absolute Gasteiger partial charge is 0.133 e. The first kappa shape index (κ1) is 13.8. The van der Waals surface area contributed by atoms with E-state index in [9.17, 15) is 0 Å². The summed E-state index contributed by atoms with van der Waals surface area (Å²) in [5.74, 6) is 3.85. The van der Waals surface area contributed by atoms with Crippen LogP contribution in [0, 0.1) is 18.8 Å². The second-order valence-corrected chi connectivity index (χ2v) is 6.80. The maximum atomic E-state index is 6.31. The van der Waals surface area contributed by atoms with Gasteiger partial charge in [-0.1, -0.05) is 20.3 Å². The maximum Gasteiger partial charge on any atom is 0.133 e. The Bertz CT molecular complexity index is 485. The van der Waals surface area contributed by atoms with Gasteiger partial charge in [0.05, 0.1) is 0 Å². The summed E-state index contributed by atoms with van der Waals surface area (Å²) in [6, 6.07) is 2.50. The summed E-state index contributed by atoms with van der Waals surface area (Å²) in [6.45, 7) is 8.55. The summed E-state index contributed by atoms with van der Waals surface area (Å²) in [5.41, 5.74) is 7.38. The predicted molar refractivity (Wildman–Crippen MR) is 81.9 cm³/mol. The van der Waals surface area contributed by atoms with Gasteiger partial charge in [0.1, 0.15) is 11.6 Å². The van der Waals surface area contributed by atoms with E-state index in [4.69, 9.17) is 10.7 Å². The van der Waals surface area contributed by atoms with Crippen LogP contribution >= 0.6 is 0 Å². The molecule has 2 fully saturated rings. The fraction of sp³-hybridized carbons (Fsp3) is 0.750. The van der Waals surface area contributed by atoms with E-state index in [-0.39, 0.29) is 0 Å². The standard InChI is InChI=1S/C16H26N4/c1-10(2)16-18-11(3)7-15(19-16)20-8-12-5-4-6-14(17)13(12)9-20/h7,10,12-14H,4-6,8-9,17H2,1-3H3. The van der Waals surface area contributed by atoms with Gasteiger partial charge in [0.2, 0.25) is 0 Å². The Morgan fingerprint density at radius 2 is 2.05 bits per heavy atom. The number of nitrogens with two attached hydrogens (primary N) is 1. The van der Waals surface area contributed by atoms with Crippen LogP contribution in [0.3, 0.4) is 0 Å². The number of fused-ring (bicyclic) bond motifs is 1. The molecule has 3 rings (SSSR count). The van der Waals surface area contributed by atoms with Crippen molar-refractivity contribution >= 4 is 5.82 Å². The van der Waals surface area contributed by atoms with Crippen molar-refractivity contribution in [2.24, 2.45) is 17.6 Å². The lowest BCUT2D eigenvalue weighted by Gasteiger charge is -2.29. The third kappa shape index (κ3) is 2.53. The monoisotopic (exact) mass is 274 g/mol. The summed E-state index contributed by atoms with van der Waals surface area (Å²) < 4.78 is 0. The van der Waals surface area contributed by atoms with Crippen LogP contribution < -0.4 is 10.6 Å². The Morgan fingerprint density at radius 1 is 1.25 bits per heavy atom. The van der Waals surface area contributed by atoms with Crippen molar-refractivity contribution in [1.82, 2.24) is 9.97 Å². The molecular weight excluding hydrogens is 248 g/mol. The van der Waals surface area contributed by atoms with Gasteiger partial charge >= 0.3 is 0 Å². The number of anilines is 1. The van der Waals surface area contributed by atoms with Crippen molar-refractivity contribution in [2.75, 3.05) is 18.0 Å². The van der Waals surface area contributed by atoms with Crippen molar-refractivity contribution in [2.45, 2.75) is 52.0 Å². The molecule has 1 aromatic rings. The lowest BCUT2D eigenvalue weighted by atomic mass is 9.78. The molecule has 0 aromatic carbocycles. The Hall–Kier alpha value is -1.16. The van der Waals surface area contributed by atoms with Crippen LogP contribution in [0.5, 0.6) is 0 Å². The van der Waals surface area contributed by atoms with Crippen LogP contribution in [0.1, 0.15) is 50.5 Å². The van der Waals surface area contributed by atoms with E-state index in [1.54, 1.807) is 0 Å². The highest BCUT2D eigenvalue weighted by Gasteiger charge is 2.39. The fourth-order valence-corrected chi connectivity index (χ4v) is 3.70. The molecule has 3 atom stereocenters. The molecule has 2 N–H and O–H groups in total. The molecule has 1 aliphatic carbocycles.